The minimum absolute atomic E-state index is 0.311. The third-order valence-electron chi connectivity index (χ3n) is 3.99. The first-order valence-corrected chi connectivity index (χ1v) is 9.62. The van der Waals surface area contributed by atoms with E-state index in [-0.39, 0.29) is 5.91 Å². The molecule has 0 aliphatic carbocycles. The maximum atomic E-state index is 12.8. The van der Waals surface area contributed by atoms with Gasteiger partial charge in [-0.05, 0) is 29.3 Å². The molecular formula is C19H15Cl2NO3S. The Kier molecular flexibility index (Phi) is 5.91. The van der Waals surface area contributed by atoms with E-state index in [2.05, 4.69) is 0 Å². The molecule has 1 fully saturated rings. The van der Waals surface area contributed by atoms with Gasteiger partial charge in [-0.3, -0.25) is 4.79 Å². The molecular weight excluding hydrogens is 393 g/mol. The van der Waals surface area contributed by atoms with E-state index in [9.17, 15) is 14.7 Å². The second-order valence-corrected chi connectivity index (χ2v) is 7.63. The number of hydrogen-bond acceptors (Lipinski definition) is 3. The number of carbonyl (C=O) groups is 2. The quantitative estimate of drug-likeness (QED) is 0.743. The molecule has 1 heterocycles. The van der Waals surface area contributed by atoms with Gasteiger partial charge in [-0.2, -0.15) is 0 Å². The Balaban J connectivity index is 1.89. The number of carboxylic acids is 1. The van der Waals surface area contributed by atoms with Gasteiger partial charge in [0.05, 0.1) is 10.0 Å². The number of amides is 1. The molecule has 1 amide bonds. The number of hydrogen-bond donors (Lipinski definition) is 1. The highest BCUT2D eigenvalue weighted by Gasteiger charge is 2.41. The summed E-state index contributed by atoms with van der Waals surface area (Å²) >= 11 is 13.4. The summed E-state index contributed by atoms with van der Waals surface area (Å²) in [7, 11) is 0. The third kappa shape index (κ3) is 4.06. The second kappa shape index (κ2) is 8.16. The normalized spacial score (nSPS) is 19.8. The molecule has 2 atom stereocenters. The fraction of sp³-hybridized carbons (Fsp3) is 0.158. The van der Waals surface area contributed by atoms with Crippen molar-refractivity contribution in [3.05, 3.63) is 75.8 Å². The molecule has 26 heavy (non-hydrogen) atoms. The highest BCUT2D eigenvalue weighted by atomic mass is 35.5. The topological polar surface area (TPSA) is 57.6 Å². The molecule has 3 rings (SSSR count). The van der Waals surface area contributed by atoms with Gasteiger partial charge in [-0.15, -0.1) is 11.8 Å². The minimum atomic E-state index is -1.03. The maximum Gasteiger partial charge on any atom is 0.327 e. The summed E-state index contributed by atoms with van der Waals surface area (Å²) in [6.07, 6.45) is 3.08. The zero-order valence-electron chi connectivity index (χ0n) is 13.5. The molecule has 134 valence electrons. The van der Waals surface area contributed by atoms with Gasteiger partial charge in [0.1, 0.15) is 11.4 Å². The van der Waals surface area contributed by atoms with Gasteiger partial charge in [-0.1, -0.05) is 59.6 Å². The highest BCUT2D eigenvalue weighted by molar-refractivity contribution is 7.99. The molecule has 0 bridgehead atoms. The van der Waals surface area contributed by atoms with Crippen LogP contribution >= 0.6 is 35.0 Å². The first-order valence-electron chi connectivity index (χ1n) is 7.82. The summed E-state index contributed by atoms with van der Waals surface area (Å²) in [5.41, 5.74) is 1.61. The van der Waals surface area contributed by atoms with E-state index >= 15 is 0 Å². The van der Waals surface area contributed by atoms with Crippen LogP contribution in [-0.4, -0.2) is 33.7 Å². The van der Waals surface area contributed by atoms with E-state index in [0.29, 0.717) is 15.8 Å². The molecule has 1 aliphatic rings. The molecule has 2 aromatic rings. The van der Waals surface area contributed by atoms with E-state index < -0.39 is 17.4 Å². The Bertz CT molecular complexity index is 857. The molecule has 0 aromatic heterocycles. The average Bonchev–Trinajstić information content (AvgIpc) is 3.08. The predicted octanol–water partition coefficient (Wildman–Crippen LogP) is 4.73. The van der Waals surface area contributed by atoms with E-state index in [4.69, 9.17) is 23.2 Å². The van der Waals surface area contributed by atoms with Crippen LogP contribution in [0.15, 0.2) is 54.6 Å². The zero-order valence-corrected chi connectivity index (χ0v) is 15.8. The molecule has 1 aliphatic heterocycles. The van der Waals surface area contributed by atoms with Crippen LogP contribution < -0.4 is 0 Å². The van der Waals surface area contributed by atoms with E-state index in [1.807, 2.05) is 30.3 Å². The average molecular weight is 408 g/mol. The molecule has 1 saturated heterocycles. The van der Waals surface area contributed by atoms with Crippen molar-refractivity contribution >= 4 is 52.9 Å². The summed E-state index contributed by atoms with van der Waals surface area (Å²) in [6, 6.07) is 13.6. The molecule has 7 heteroatoms. The van der Waals surface area contributed by atoms with Gasteiger partial charge in [0, 0.05) is 11.8 Å². The Labute approximate surface area is 165 Å². The van der Waals surface area contributed by atoms with Crippen LogP contribution in [0.5, 0.6) is 0 Å². The second-order valence-electron chi connectivity index (χ2n) is 5.70. The fourth-order valence-electron chi connectivity index (χ4n) is 2.71. The van der Waals surface area contributed by atoms with E-state index in [0.717, 1.165) is 11.1 Å². The first kappa shape index (κ1) is 18.8. The Morgan fingerprint density at radius 2 is 1.85 bits per heavy atom. The van der Waals surface area contributed by atoms with Crippen LogP contribution in [0.1, 0.15) is 16.5 Å². The molecule has 1 N–H and O–H groups in total. The molecule has 2 unspecified atom stereocenters. The van der Waals surface area contributed by atoms with Crippen LogP contribution in [-0.2, 0) is 9.59 Å². The number of thioether (sulfide) groups is 1. The maximum absolute atomic E-state index is 12.8. The van der Waals surface area contributed by atoms with Crippen LogP contribution in [0.3, 0.4) is 0 Å². The molecule has 0 radical (unpaired) electrons. The van der Waals surface area contributed by atoms with Crippen LogP contribution in [0.2, 0.25) is 10.0 Å². The number of aliphatic carboxylic acids is 1. The SMILES string of the molecule is O=C(O)C1CSC(c2ccc(Cl)c(Cl)c2)N1C(=O)/C=C/c1ccccc1. The van der Waals surface area contributed by atoms with Crippen LogP contribution in [0.25, 0.3) is 6.08 Å². The van der Waals surface area contributed by atoms with Crippen molar-refractivity contribution in [1.82, 2.24) is 4.90 Å². The van der Waals surface area contributed by atoms with Crippen molar-refractivity contribution in [2.24, 2.45) is 0 Å². The van der Waals surface area contributed by atoms with Crippen LogP contribution in [0, 0.1) is 0 Å². The largest absolute Gasteiger partial charge is 0.480 e. The number of halogens is 2. The third-order valence-corrected chi connectivity index (χ3v) is 6.05. The fourth-order valence-corrected chi connectivity index (χ4v) is 4.43. The first-order chi connectivity index (χ1) is 12.5. The number of carbonyl (C=O) groups excluding carboxylic acids is 1. The van der Waals surface area contributed by atoms with Crippen molar-refractivity contribution in [1.29, 1.82) is 0 Å². The minimum Gasteiger partial charge on any atom is -0.480 e. The Hall–Kier alpha value is -1.95. The smallest absolute Gasteiger partial charge is 0.327 e. The summed E-state index contributed by atoms with van der Waals surface area (Å²) in [4.78, 5) is 25.8. The summed E-state index contributed by atoms with van der Waals surface area (Å²) in [6.45, 7) is 0. The molecule has 2 aromatic carbocycles. The lowest BCUT2D eigenvalue weighted by atomic mass is 10.1. The summed E-state index contributed by atoms with van der Waals surface area (Å²) in [5, 5.41) is 9.85. The van der Waals surface area contributed by atoms with Crippen molar-refractivity contribution in [3.63, 3.8) is 0 Å². The lowest BCUT2D eigenvalue weighted by Crippen LogP contribution is -2.42. The summed E-state index contributed by atoms with van der Waals surface area (Å²) in [5.74, 6) is -1.07. The van der Waals surface area contributed by atoms with Gasteiger partial charge in [0.2, 0.25) is 5.91 Å². The monoisotopic (exact) mass is 407 g/mol. The van der Waals surface area contributed by atoms with Crippen molar-refractivity contribution in [2.45, 2.75) is 11.4 Å². The lowest BCUT2D eigenvalue weighted by Gasteiger charge is -2.26. The van der Waals surface area contributed by atoms with Gasteiger partial charge >= 0.3 is 5.97 Å². The van der Waals surface area contributed by atoms with Crippen molar-refractivity contribution < 1.29 is 14.7 Å². The van der Waals surface area contributed by atoms with Crippen molar-refractivity contribution in [3.8, 4) is 0 Å². The lowest BCUT2D eigenvalue weighted by molar-refractivity contribution is -0.147. The van der Waals surface area contributed by atoms with Gasteiger partial charge in [-0.25, -0.2) is 4.79 Å². The molecule has 0 spiro atoms. The van der Waals surface area contributed by atoms with Gasteiger partial charge < -0.3 is 10.0 Å². The molecule has 4 nitrogen and oxygen atoms in total. The van der Waals surface area contributed by atoms with E-state index in [1.165, 1.54) is 22.7 Å². The van der Waals surface area contributed by atoms with Crippen molar-refractivity contribution in [2.75, 3.05) is 5.75 Å². The number of carboxylic acid groups (broad SMARTS) is 1. The molecule has 0 saturated carbocycles. The number of rotatable bonds is 4. The predicted molar refractivity (Wildman–Crippen MR) is 105 cm³/mol. The Morgan fingerprint density at radius 3 is 2.50 bits per heavy atom. The van der Waals surface area contributed by atoms with E-state index in [1.54, 1.807) is 24.3 Å². The van der Waals surface area contributed by atoms with Gasteiger partial charge in [0.25, 0.3) is 0 Å². The standard InChI is InChI=1S/C19H15Cl2NO3S/c20-14-8-7-13(10-15(14)21)18-22(16(11-26-18)19(24)25)17(23)9-6-12-4-2-1-3-5-12/h1-10,16,18H,11H2,(H,24,25)/b9-6+. The van der Waals surface area contributed by atoms with Crippen LogP contribution in [0.4, 0.5) is 0 Å². The Morgan fingerprint density at radius 1 is 1.12 bits per heavy atom. The zero-order chi connectivity index (χ0) is 18.7. The summed E-state index contributed by atoms with van der Waals surface area (Å²) < 4.78 is 0. The highest BCUT2D eigenvalue weighted by Crippen LogP contribution is 2.43. The number of benzene rings is 2. The van der Waals surface area contributed by atoms with Gasteiger partial charge in [0.15, 0.2) is 0 Å². The number of nitrogens with zero attached hydrogens (tertiary/aromatic N) is 1.